The predicted molar refractivity (Wildman–Crippen MR) is 56.9 cm³/mol. The van der Waals surface area contributed by atoms with Crippen LogP contribution < -0.4 is 5.32 Å². The standard InChI is InChI=1S/C11H17NO3/c1-6(5-13)12-11(14)10-7(2)8(3)15-9(10)4/h6,13H,5H2,1-4H3,(H,12,14)/t6-/m0/s1. The van der Waals surface area contributed by atoms with Crippen molar-refractivity contribution in [1.29, 1.82) is 0 Å². The molecule has 0 unspecified atom stereocenters. The van der Waals surface area contributed by atoms with Gasteiger partial charge in [-0.2, -0.15) is 0 Å². The molecule has 0 spiro atoms. The zero-order valence-corrected chi connectivity index (χ0v) is 9.55. The molecular formula is C11H17NO3. The zero-order chi connectivity index (χ0) is 11.6. The fourth-order valence-electron chi connectivity index (χ4n) is 1.47. The molecule has 1 rings (SSSR count). The number of amides is 1. The summed E-state index contributed by atoms with van der Waals surface area (Å²) in [6.45, 7) is 7.12. The molecule has 0 aliphatic rings. The summed E-state index contributed by atoms with van der Waals surface area (Å²) in [6.07, 6.45) is 0. The van der Waals surface area contributed by atoms with E-state index in [-0.39, 0.29) is 18.6 Å². The molecule has 0 aliphatic heterocycles. The van der Waals surface area contributed by atoms with Crippen LogP contribution >= 0.6 is 0 Å². The molecular weight excluding hydrogens is 194 g/mol. The summed E-state index contributed by atoms with van der Waals surface area (Å²) in [6, 6.07) is -0.244. The van der Waals surface area contributed by atoms with E-state index in [4.69, 9.17) is 9.52 Å². The van der Waals surface area contributed by atoms with Gasteiger partial charge >= 0.3 is 0 Å². The lowest BCUT2D eigenvalue weighted by atomic mass is 10.1. The molecule has 1 atom stereocenters. The molecule has 0 aliphatic carbocycles. The van der Waals surface area contributed by atoms with Crippen molar-refractivity contribution >= 4 is 5.91 Å². The number of furan rings is 1. The Hall–Kier alpha value is -1.29. The minimum atomic E-state index is -0.244. The van der Waals surface area contributed by atoms with Crippen molar-refractivity contribution in [3.63, 3.8) is 0 Å². The van der Waals surface area contributed by atoms with Gasteiger partial charge in [-0.05, 0) is 27.7 Å². The van der Waals surface area contributed by atoms with E-state index >= 15 is 0 Å². The Morgan fingerprint density at radius 3 is 2.40 bits per heavy atom. The van der Waals surface area contributed by atoms with Crippen LogP contribution in [0, 0.1) is 20.8 Å². The van der Waals surface area contributed by atoms with Crippen molar-refractivity contribution in [3.8, 4) is 0 Å². The molecule has 0 bridgehead atoms. The number of aliphatic hydroxyl groups excluding tert-OH is 1. The van der Waals surface area contributed by atoms with Crippen molar-refractivity contribution in [2.24, 2.45) is 0 Å². The van der Waals surface area contributed by atoms with Gasteiger partial charge in [0.05, 0.1) is 12.2 Å². The maximum absolute atomic E-state index is 11.8. The summed E-state index contributed by atoms with van der Waals surface area (Å²) < 4.78 is 5.36. The molecule has 0 radical (unpaired) electrons. The van der Waals surface area contributed by atoms with E-state index in [0.717, 1.165) is 11.3 Å². The summed E-state index contributed by atoms with van der Waals surface area (Å²) in [5.41, 5.74) is 1.43. The van der Waals surface area contributed by atoms with Crippen LogP contribution in [0.3, 0.4) is 0 Å². The van der Waals surface area contributed by atoms with Crippen LogP contribution in [0.5, 0.6) is 0 Å². The molecule has 4 nitrogen and oxygen atoms in total. The zero-order valence-electron chi connectivity index (χ0n) is 9.55. The first-order valence-corrected chi connectivity index (χ1v) is 4.95. The van der Waals surface area contributed by atoms with Crippen molar-refractivity contribution in [2.75, 3.05) is 6.61 Å². The fraction of sp³-hybridized carbons (Fsp3) is 0.545. The van der Waals surface area contributed by atoms with E-state index < -0.39 is 0 Å². The number of carbonyl (C=O) groups is 1. The van der Waals surface area contributed by atoms with E-state index in [0.29, 0.717) is 11.3 Å². The van der Waals surface area contributed by atoms with E-state index in [1.807, 2.05) is 13.8 Å². The van der Waals surface area contributed by atoms with E-state index in [2.05, 4.69) is 5.32 Å². The number of nitrogens with one attached hydrogen (secondary N) is 1. The molecule has 84 valence electrons. The highest BCUT2D eigenvalue weighted by Gasteiger charge is 2.19. The summed E-state index contributed by atoms with van der Waals surface area (Å²) in [5, 5.41) is 11.5. The van der Waals surface area contributed by atoms with Gasteiger partial charge in [-0.1, -0.05) is 0 Å². The van der Waals surface area contributed by atoms with Gasteiger partial charge in [0.15, 0.2) is 0 Å². The third-order valence-corrected chi connectivity index (χ3v) is 2.44. The lowest BCUT2D eigenvalue weighted by Crippen LogP contribution is -2.35. The molecule has 0 aromatic carbocycles. The number of hydrogen-bond donors (Lipinski definition) is 2. The normalized spacial score (nSPS) is 12.6. The first-order valence-electron chi connectivity index (χ1n) is 4.95. The molecule has 1 heterocycles. The van der Waals surface area contributed by atoms with Gasteiger partial charge in [-0.3, -0.25) is 4.79 Å². The highest BCUT2D eigenvalue weighted by atomic mass is 16.3. The number of rotatable bonds is 3. The fourth-order valence-corrected chi connectivity index (χ4v) is 1.47. The lowest BCUT2D eigenvalue weighted by molar-refractivity contribution is 0.0920. The van der Waals surface area contributed by atoms with Crippen LogP contribution in [-0.2, 0) is 0 Å². The molecule has 4 heteroatoms. The minimum absolute atomic E-state index is 0.0688. The quantitative estimate of drug-likeness (QED) is 0.792. The molecule has 0 saturated heterocycles. The molecule has 15 heavy (non-hydrogen) atoms. The molecule has 0 saturated carbocycles. The van der Waals surface area contributed by atoms with E-state index in [1.165, 1.54) is 0 Å². The maximum Gasteiger partial charge on any atom is 0.255 e. The second-order valence-electron chi connectivity index (χ2n) is 3.77. The molecule has 1 amide bonds. The Morgan fingerprint density at radius 2 is 2.00 bits per heavy atom. The Balaban J connectivity index is 2.91. The van der Waals surface area contributed by atoms with E-state index in [1.54, 1.807) is 13.8 Å². The van der Waals surface area contributed by atoms with Crippen LogP contribution in [0.25, 0.3) is 0 Å². The minimum Gasteiger partial charge on any atom is -0.466 e. The van der Waals surface area contributed by atoms with Gasteiger partial charge in [0, 0.05) is 11.6 Å². The predicted octanol–water partition coefficient (Wildman–Crippen LogP) is 1.32. The van der Waals surface area contributed by atoms with Crippen LogP contribution in [-0.4, -0.2) is 23.7 Å². The lowest BCUT2D eigenvalue weighted by Gasteiger charge is -2.10. The van der Waals surface area contributed by atoms with Gasteiger partial charge < -0.3 is 14.8 Å². The average molecular weight is 211 g/mol. The molecule has 1 aromatic rings. The van der Waals surface area contributed by atoms with Crippen LogP contribution in [0.2, 0.25) is 0 Å². The largest absolute Gasteiger partial charge is 0.466 e. The first kappa shape index (κ1) is 11.8. The van der Waals surface area contributed by atoms with Crippen molar-refractivity contribution < 1.29 is 14.3 Å². The van der Waals surface area contributed by atoms with Crippen LogP contribution in [0.15, 0.2) is 4.42 Å². The van der Waals surface area contributed by atoms with Crippen molar-refractivity contribution in [2.45, 2.75) is 33.7 Å². The third-order valence-electron chi connectivity index (χ3n) is 2.44. The second kappa shape index (κ2) is 4.49. The monoisotopic (exact) mass is 211 g/mol. The number of aryl methyl sites for hydroxylation is 2. The third kappa shape index (κ3) is 2.39. The van der Waals surface area contributed by atoms with Gasteiger partial charge in [0.2, 0.25) is 0 Å². The van der Waals surface area contributed by atoms with Crippen LogP contribution in [0.4, 0.5) is 0 Å². The first-order chi connectivity index (χ1) is 6.97. The van der Waals surface area contributed by atoms with Gasteiger partial charge in [0.25, 0.3) is 5.91 Å². The molecule has 0 fully saturated rings. The molecule has 1 aromatic heterocycles. The summed E-state index contributed by atoms with van der Waals surface area (Å²) in [5.74, 6) is 1.19. The Morgan fingerprint density at radius 1 is 1.40 bits per heavy atom. The summed E-state index contributed by atoms with van der Waals surface area (Å²) in [7, 11) is 0. The Bertz CT molecular complexity index is 368. The smallest absolute Gasteiger partial charge is 0.255 e. The number of carbonyl (C=O) groups excluding carboxylic acids is 1. The SMILES string of the molecule is Cc1oc(C)c(C(=O)N[C@@H](C)CO)c1C. The van der Waals surface area contributed by atoms with E-state index in [9.17, 15) is 4.79 Å². The number of hydrogen-bond acceptors (Lipinski definition) is 3. The van der Waals surface area contributed by atoms with Gasteiger partial charge in [-0.25, -0.2) is 0 Å². The number of aliphatic hydroxyl groups is 1. The highest BCUT2D eigenvalue weighted by Crippen LogP contribution is 2.20. The Labute approximate surface area is 89.3 Å². The second-order valence-corrected chi connectivity index (χ2v) is 3.77. The highest BCUT2D eigenvalue weighted by molar-refractivity contribution is 5.97. The van der Waals surface area contributed by atoms with Crippen LogP contribution in [0.1, 0.15) is 34.4 Å². The average Bonchev–Trinajstić information content (AvgIpc) is 2.41. The van der Waals surface area contributed by atoms with Crippen molar-refractivity contribution in [3.05, 3.63) is 22.6 Å². The van der Waals surface area contributed by atoms with Gasteiger partial charge in [-0.15, -0.1) is 0 Å². The Kier molecular flexibility index (Phi) is 3.52. The summed E-state index contributed by atoms with van der Waals surface area (Å²) >= 11 is 0. The van der Waals surface area contributed by atoms with Crippen molar-refractivity contribution in [1.82, 2.24) is 5.32 Å². The summed E-state index contributed by atoms with van der Waals surface area (Å²) in [4.78, 5) is 11.8. The molecule has 2 N–H and O–H groups in total. The van der Waals surface area contributed by atoms with Gasteiger partial charge in [0.1, 0.15) is 11.5 Å². The topological polar surface area (TPSA) is 62.5 Å². The maximum atomic E-state index is 11.8.